The Bertz CT molecular complexity index is 299. The maximum Gasteiger partial charge on any atom is 0.303 e. The molecule has 15 heavy (non-hydrogen) atoms. The van der Waals surface area contributed by atoms with Gasteiger partial charge in [0.25, 0.3) is 0 Å². The average Bonchev–Trinajstić information content (AvgIpc) is 2.58. The molecule has 2 bridgehead atoms. The molecule has 0 aliphatic heterocycles. The summed E-state index contributed by atoms with van der Waals surface area (Å²) in [4.78, 5) is 21.5. The first-order chi connectivity index (χ1) is 7.02. The van der Waals surface area contributed by atoms with Gasteiger partial charge < -0.3 is 10.2 Å². The van der Waals surface area contributed by atoms with Gasteiger partial charge in [0, 0.05) is 6.42 Å². The van der Waals surface area contributed by atoms with E-state index in [1.165, 1.54) is 0 Å². The molecular weight excluding hydrogens is 196 g/mol. The Morgan fingerprint density at radius 1 is 1.27 bits per heavy atom. The molecule has 2 aliphatic carbocycles. The third-order valence-corrected chi connectivity index (χ3v) is 4.15. The van der Waals surface area contributed by atoms with Gasteiger partial charge in [-0.25, -0.2) is 0 Å². The van der Waals surface area contributed by atoms with Gasteiger partial charge in [0.05, 0.1) is 6.42 Å². The molecule has 84 valence electrons. The van der Waals surface area contributed by atoms with Gasteiger partial charge in [-0.05, 0) is 42.9 Å². The molecule has 0 spiro atoms. The third-order valence-electron chi connectivity index (χ3n) is 4.15. The smallest absolute Gasteiger partial charge is 0.303 e. The summed E-state index contributed by atoms with van der Waals surface area (Å²) in [6.45, 7) is 0. The van der Waals surface area contributed by atoms with Gasteiger partial charge in [0.15, 0.2) is 0 Å². The van der Waals surface area contributed by atoms with Crippen LogP contribution < -0.4 is 0 Å². The molecule has 2 N–H and O–H groups in total. The second-order valence-electron chi connectivity index (χ2n) is 5.07. The minimum atomic E-state index is -0.794. The van der Waals surface area contributed by atoms with Crippen molar-refractivity contribution in [2.24, 2.45) is 17.3 Å². The van der Waals surface area contributed by atoms with Gasteiger partial charge in [-0.15, -0.1) is 0 Å². The highest BCUT2D eigenvalue weighted by atomic mass is 16.4. The van der Waals surface area contributed by atoms with E-state index in [1.54, 1.807) is 0 Å². The van der Waals surface area contributed by atoms with Crippen LogP contribution in [0.4, 0.5) is 0 Å². The van der Waals surface area contributed by atoms with Gasteiger partial charge in [0.2, 0.25) is 0 Å². The number of carboxylic acid groups (broad SMARTS) is 2. The second kappa shape index (κ2) is 3.51. The van der Waals surface area contributed by atoms with Crippen LogP contribution in [0.2, 0.25) is 0 Å². The molecule has 0 amide bonds. The first-order valence-electron chi connectivity index (χ1n) is 5.45. The minimum Gasteiger partial charge on any atom is -0.481 e. The number of fused-ring (bicyclic) bond motifs is 2. The number of hydrogen-bond donors (Lipinski definition) is 2. The van der Waals surface area contributed by atoms with Crippen LogP contribution in [-0.4, -0.2) is 22.2 Å². The summed E-state index contributed by atoms with van der Waals surface area (Å²) in [7, 11) is 0. The highest BCUT2D eigenvalue weighted by Gasteiger charge is 2.53. The first-order valence-corrected chi connectivity index (χ1v) is 5.45. The van der Waals surface area contributed by atoms with Crippen molar-refractivity contribution in [1.82, 2.24) is 0 Å². The fourth-order valence-corrected chi connectivity index (χ4v) is 3.61. The molecule has 3 unspecified atom stereocenters. The van der Waals surface area contributed by atoms with Gasteiger partial charge in [0.1, 0.15) is 0 Å². The van der Waals surface area contributed by atoms with Crippen molar-refractivity contribution in [3.05, 3.63) is 0 Å². The largest absolute Gasteiger partial charge is 0.481 e. The highest BCUT2D eigenvalue weighted by Crippen LogP contribution is 2.60. The molecule has 0 heterocycles. The summed E-state index contributed by atoms with van der Waals surface area (Å²) < 4.78 is 0. The molecule has 2 aliphatic rings. The Kier molecular flexibility index (Phi) is 2.44. The number of rotatable bonds is 4. The van der Waals surface area contributed by atoms with Gasteiger partial charge in [-0.3, -0.25) is 9.59 Å². The van der Waals surface area contributed by atoms with Gasteiger partial charge in [-0.2, -0.15) is 0 Å². The van der Waals surface area contributed by atoms with Crippen molar-refractivity contribution in [3.8, 4) is 0 Å². The molecule has 0 aromatic heterocycles. The Labute approximate surface area is 88.3 Å². The topological polar surface area (TPSA) is 74.6 Å². The number of hydrogen-bond acceptors (Lipinski definition) is 2. The van der Waals surface area contributed by atoms with E-state index < -0.39 is 11.9 Å². The maximum absolute atomic E-state index is 10.8. The Morgan fingerprint density at radius 2 is 2.00 bits per heavy atom. The average molecular weight is 212 g/mol. The molecule has 2 saturated carbocycles. The monoisotopic (exact) mass is 212 g/mol. The lowest BCUT2D eigenvalue weighted by Crippen LogP contribution is -2.29. The Morgan fingerprint density at radius 3 is 2.53 bits per heavy atom. The summed E-state index contributed by atoms with van der Waals surface area (Å²) in [6, 6.07) is 0. The molecule has 4 nitrogen and oxygen atoms in total. The van der Waals surface area contributed by atoms with Crippen molar-refractivity contribution < 1.29 is 19.8 Å². The lowest BCUT2D eigenvalue weighted by molar-refractivity contribution is -0.144. The Hall–Kier alpha value is -1.06. The fourth-order valence-electron chi connectivity index (χ4n) is 3.61. The van der Waals surface area contributed by atoms with Crippen molar-refractivity contribution in [2.45, 2.75) is 38.5 Å². The van der Waals surface area contributed by atoms with Crippen LogP contribution in [0.3, 0.4) is 0 Å². The van der Waals surface area contributed by atoms with E-state index in [0.717, 1.165) is 25.7 Å². The van der Waals surface area contributed by atoms with Crippen LogP contribution in [0.15, 0.2) is 0 Å². The molecule has 3 atom stereocenters. The van der Waals surface area contributed by atoms with Crippen LogP contribution in [0, 0.1) is 17.3 Å². The minimum absolute atomic E-state index is 0.0878. The van der Waals surface area contributed by atoms with Crippen LogP contribution in [0.5, 0.6) is 0 Å². The molecular formula is C11H16O4. The summed E-state index contributed by atoms with van der Waals surface area (Å²) in [5.74, 6) is -0.913. The second-order valence-corrected chi connectivity index (χ2v) is 5.07. The fraction of sp³-hybridized carbons (Fsp3) is 0.818. The van der Waals surface area contributed by atoms with Crippen LogP contribution in [-0.2, 0) is 9.59 Å². The quantitative estimate of drug-likeness (QED) is 0.744. The van der Waals surface area contributed by atoms with Crippen LogP contribution >= 0.6 is 0 Å². The van der Waals surface area contributed by atoms with Crippen molar-refractivity contribution >= 4 is 11.9 Å². The predicted molar refractivity (Wildman–Crippen MR) is 52.4 cm³/mol. The molecule has 0 saturated heterocycles. The molecule has 0 radical (unpaired) electrons. The summed E-state index contributed by atoms with van der Waals surface area (Å²) >= 11 is 0. The molecule has 0 aromatic carbocycles. The van der Waals surface area contributed by atoms with Gasteiger partial charge in [-0.1, -0.05) is 0 Å². The van der Waals surface area contributed by atoms with E-state index >= 15 is 0 Å². The van der Waals surface area contributed by atoms with Crippen molar-refractivity contribution in [2.75, 3.05) is 0 Å². The van der Waals surface area contributed by atoms with Crippen LogP contribution in [0.25, 0.3) is 0 Å². The lowest BCUT2D eigenvalue weighted by Gasteiger charge is -2.32. The van der Waals surface area contributed by atoms with Crippen molar-refractivity contribution in [3.63, 3.8) is 0 Å². The number of aliphatic carboxylic acids is 2. The molecule has 0 aromatic rings. The lowest BCUT2D eigenvalue weighted by atomic mass is 9.71. The zero-order chi connectivity index (χ0) is 11.1. The molecule has 2 rings (SSSR count). The van der Waals surface area contributed by atoms with E-state index in [9.17, 15) is 9.59 Å². The first kappa shape index (κ1) is 10.5. The van der Waals surface area contributed by atoms with E-state index in [0.29, 0.717) is 5.92 Å². The molecule has 2 fully saturated rings. The van der Waals surface area contributed by atoms with E-state index in [1.807, 2.05) is 0 Å². The zero-order valence-corrected chi connectivity index (χ0v) is 8.61. The summed E-state index contributed by atoms with van der Waals surface area (Å²) in [5.41, 5.74) is -0.200. The predicted octanol–water partition coefficient (Wildman–Crippen LogP) is 1.74. The maximum atomic E-state index is 10.8. The number of carboxylic acids is 2. The number of carbonyl (C=O) groups is 2. The summed E-state index contributed by atoms with van der Waals surface area (Å²) in [6.07, 6.45) is 4.13. The van der Waals surface area contributed by atoms with Crippen molar-refractivity contribution in [1.29, 1.82) is 0 Å². The van der Waals surface area contributed by atoms with Gasteiger partial charge >= 0.3 is 11.9 Å². The Balaban J connectivity index is 2.11. The standard InChI is InChI=1S/C11H16O4/c12-9(13)4-8-3-7-1-2-11(8,5-7)6-10(14)15/h7-8H,1-6H2,(H,12,13)(H,14,15). The summed E-state index contributed by atoms with van der Waals surface area (Å²) in [5, 5.41) is 17.7. The molecule has 4 heteroatoms. The highest BCUT2D eigenvalue weighted by molar-refractivity contribution is 5.69. The van der Waals surface area contributed by atoms with E-state index in [-0.39, 0.29) is 24.2 Å². The third kappa shape index (κ3) is 1.85. The van der Waals surface area contributed by atoms with Crippen LogP contribution in [0.1, 0.15) is 38.5 Å². The zero-order valence-electron chi connectivity index (χ0n) is 8.61. The van der Waals surface area contributed by atoms with E-state index in [4.69, 9.17) is 10.2 Å². The SMILES string of the molecule is O=C(O)CC1CC2CCC1(CC(=O)O)C2. The van der Waals surface area contributed by atoms with E-state index in [2.05, 4.69) is 0 Å². The normalized spacial score (nSPS) is 38.1.